The molecule has 0 unspecified atom stereocenters. The van der Waals surface area contributed by atoms with Crippen molar-refractivity contribution in [3.8, 4) is 0 Å². The summed E-state index contributed by atoms with van der Waals surface area (Å²) in [6.07, 6.45) is 0. The van der Waals surface area contributed by atoms with Crippen LogP contribution in [0, 0.1) is 19.7 Å². The summed E-state index contributed by atoms with van der Waals surface area (Å²) in [5, 5.41) is 5.42. The van der Waals surface area contributed by atoms with Crippen LogP contribution in [0.1, 0.15) is 17.1 Å². The summed E-state index contributed by atoms with van der Waals surface area (Å²) < 4.78 is 15.5. The Labute approximate surface area is 125 Å². The lowest BCUT2D eigenvalue weighted by atomic mass is 10.3. The van der Waals surface area contributed by atoms with Gasteiger partial charge in [-0.2, -0.15) is 0 Å². The Morgan fingerprint density at radius 1 is 1.40 bits per heavy atom. The SMILES string of the molecule is Cc1nc2scc(C)n2c1CNc1ccc(Cl)c(F)c1. The van der Waals surface area contributed by atoms with E-state index in [4.69, 9.17) is 11.6 Å². The molecule has 0 aliphatic heterocycles. The number of halogens is 2. The zero-order chi connectivity index (χ0) is 14.3. The molecule has 1 N–H and O–H groups in total. The fourth-order valence-corrected chi connectivity index (χ4v) is 3.22. The highest BCUT2D eigenvalue weighted by molar-refractivity contribution is 7.15. The van der Waals surface area contributed by atoms with Crippen molar-refractivity contribution in [3.05, 3.63) is 51.5 Å². The van der Waals surface area contributed by atoms with Gasteiger partial charge in [0.1, 0.15) is 5.82 Å². The second kappa shape index (κ2) is 5.07. The minimum Gasteiger partial charge on any atom is -0.379 e. The maximum absolute atomic E-state index is 13.4. The van der Waals surface area contributed by atoms with Gasteiger partial charge in [-0.05, 0) is 32.0 Å². The summed E-state index contributed by atoms with van der Waals surface area (Å²) in [7, 11) is 0. The molecule has 6 heteroatoms. The number of hydrogen-bond acceptors (Lipinski definition) is 3. The molecule has 0 saturated heterocycles. The van der Waals surface area contributed by atoms with E-state index >= 15 is 0 Å². The molecule has 0 atom stereocenters. The molecule has 0 radical (unpaired) electrons. The molecule has 104 valence electrons. The summed E-state index contributed by atoms with van der Waals surface area (Å²) in [5.74, 6) is -0.418. The third kappa shape index (κ3) is 2.27. The number of hydrogen-bond donors (Lipinski definition) is 1. The van der Waals surface area contributed by atoms with Gasteiger partial charge in [-0.15, -0.1) is 11.3 Å². The van der Waals surface area contributed by atoms with Crippen LogP contribution in [0.15, 0.2) is 23.6 Å². The number of aromatic nitrogens is 2. The number of nitrogens with zero attached hydrogens (tertiary/aromatic N) is 2. The molecule has 2 aromatic heterocycles. The standard InChI is InChI=1S/C14H13ClFN3S/c1-8-7-20-14-18-9(2)13(19(8)14)6-17-10-3-4-11(15)12(16)5-10/h3-5,7,17H,6H2,1-2H3. The molecule has 0 bridgehead atoms. The quantitative estimate of drug-likeness (QED) is 0.776. The number of rotatable bonds is 3. The topological polar surface area (TPSA) is 29.3 Å². The Morgan fingerprint density at radius 2 is 2.20 bits per heavy atom. The lowest BCUT2D eigenvalue weighted by Crippen LogP contribution is -2.04. The number of fused-ring (bicyclic) bond motifs is 1. The van der Waals surface area contributed by atoms with Gasteiger partial charge in [0.15, 0.2) is 4.96 Å². The van der Waals surface area contributed by atoms with E-state index in [0.717, 1.165) is 22.0 Å². The Morgan fingerprint density at radius 3 is 2.95 bits per heavy atom. The van der Waals surface area contributed by atoms with Crippen molar-refractivity contribution in [2.45, 2.75) is 20.4 Å². The number of anilines is 1. The third-order valence-electron chi connectivity index (χ3n) is 3.21. The Hall–Kier alpha value is -1.59. The molecule has 3 aromatic rings. The molecule has 0 saturated carbocycles. The van der Waals surface area contributed by atoms with Crippen molar-refractivity contribution < 1.29 is 4.39 Å². The maximum atomic E-state index is 13.4. The molecule has 1 aromatic carbocycles. The van der Waals surface area contributed by atoms with E-state index in [1.807, 2.05) is 6.92 Å². The molecule has 3 rings (SSSR count). The Bertz CT molecular complexity index is 778. The van der Waals surface area contributed by atoms with Crippen LogP contribution in [0.4, 0.5) is 10.1 Å². The van der Waals surface area contributed by atoms with Gasteiger partial charge < -0.3 is 5.32 Å². The number of imidazole rings is 1. The lowest BCUT2D eigenvalue weighted by Gasteiger charge is -2.08. The van der Waals surface area contributed by atoms with Crippen LogP contribution in [0.25, 0.3) is 4.96 Å². The van der Waals surface area contributed by atoms with Gasteiger partial charge in [-0.1, -0.05) is 11.6 Å². The summed E-state index contributed by atoms with van der Waals surface area (Å²) >= 11 is 7.30. The average molecular weight is 310 g/mol. The first kappa shape index (κ1) is 13.4. The van der Waals surface area contributed by atoms with Gasteiger partial charge in [0.25, 0.3) is 0 Å². The van der Waals surface area contributed by atoms with E-state index in [2.05, 4.69) is 27.0 Å². The van der Waals surface area contributed by atoms with Crippen molar-refractivity contribution >= 4 is 33.6 Å². The van der Waals surface area contributed by atoms with Crippen molar-refractivity contribution in [1.82, 2.24) is 9.38 Å². The highest BCUT2D eigenvalue weighted by atomic mass is 35.5. The number of aryl methyl sites for hydroxylation is 2. The molecule has 2 heterocycles. The second-order valence-corrected chi connectivity index (χ2v) is 5.87. The van der Waals surface area contributed by atoms with Crippen LogP contribution < -0.4 is 5.32 Å². The van der Waals surface area contributed by atoms with Crippen LogP contribution >= 0.6 is 22.9 Å². The van der Waals surface area contributed by atoms with Crippen LogP contribution in [0.3, 0.4) is 0 Å². The van der Waals surface area contributed by atoms with Crippen LogP contribution in [0.5, 0.6) is 0 Å². The van der Waals surface area contributed by atoms with Gasteiger partial charge in [0.05, 0.1) is 23.0 Å². The van der Waals surface area contributed by atoms with Crippen LogP contribution in [-0.4, -0.2) is 9.38 Å². The highest BCUT2D eigenvalue weighted by Gasteiger charge is 2.12. The molecule has 0 fully saturated rings. The average Bonchev–Trinajstić information content (AvgIpc) is 2.91. The predicted molar refractivity (Wildman–Crippen MR) is 81.3 cm³/mol. The van der Waals surface area contributed by atoms with Crippen LogP contribution in [0.2, 0.25) is 5.02 Å². The van der Waals surface area contributed by atoms with Crippen molar-refractivity contribution in [2.75, 3.05) is 5.32 Å². The fourth-order valence-electron chi connectivity index (χ4n) is 2.17. The zero-order valence-electron chi connectivity index (χ0n) is 11.1. The smallest absolute Gasteiger partial charge is 0.194 e. The zero-order valence-corrected chi connectivity index (χ0v) is 12.6. The Balaban J connectivity index is 1.88. The normalized spacial score (nSPS) is 11.2. The number of thiazole rings is 1. The first-order valence-electron chi connectivity index (χ1n) is 6.17. The number of nitrogens with one attached hydrogen (secondary N) is 1. The van der Waals surface area contributed by atoms with E-state index in [0.29, 0.717) is 12.2 Å². The highest BCUT2D eigenvalue weighted by Crippen LogP contribution is 2.23. The number of benzene rings is 1. The maximum Gasteiger partial charge on any atom is 0.194 e. The molecular weight excluding hydrogens is 297 g/mol. The molecule has 3 nitrogen and oxygen atoms in total. The predicted octanol–water partition coefficient (Wildman–Crippen LogP) is 4.42. The Kier molecular flexibility index (Phi) is 3.40. The van der Waals surface area contributed by atoms with E-state index in [1.165, 1.54) is 6.07 Å². The third-order valence-corrected chi connectivity index (χ3v) is 4.46. The minimum atomic E-state index is -0.418. The first-order valence-corrected chi connectivity index (χ1v) is 7.43. The van der Waals surface area contributed by atoms with Crippen molar-refractivity contribution in [1.29, 1.82) is 0 Å². The van der Waals surface area contributed by atoms with E-state index < -0.39 is 5.82 Å². The monoisotopic (exact) mass is 309 g/mol. The van der Waals surface area contributed by atoms with Gasteiger partial charge >= 0.3 is 0 Å². The summed E-state index contributed by atoms with van der Waals surface area (Å²) in [6.45, 7) is 4.63. The van der Waals surface area contributed by atoms with Gasteiger partial charge in [-0.3, -0.25) is 4.40 Å². The van der Waals surface area contributed by atoms with Crippen molar-refractivity contribution in [2.24, 2.45) is 0 Å². The van der Waals surface area contributed by atoms with Gasteiger partial charge in [-0.25, -0.2) is 9.37 Å². The van der Waals surface area contributed by atoms with Gasteiger partial charge in [0, 0.05) is 16.8 Å². The molecule has 0 spiro atoms. The molecular formula is C14H13ClFN3S. The second-order valence-electron chi connectivity index (χ2n) is 4.62. The molecule has 20 heavy (non-hydrogen) atoms. The fraction of sp³-hybridized carbons (Fsp3) is 0.214. The van der Waals surface area contributed by atoms with E-state index in [-0.39, 0.29) is 5.02 Å². The van der Waals surface area contributed by atoms with Gasteiger partial charge in [0.2, 0.25) is 0 Å². The summed E-state index contributed by atoms with van der Waals surface area (Å²) in [6, 6.07) is 4.71. The molecule has 0 amide bonds. The van der Waals surface area contributed by atoms with E-state index in [1.54, 1.807) is 23.5 Å². The molecule has 0 aliphatic rings. The molecule has 0 aliphatic carbocycles. The van der Waals surface area contributed by atoms with Crippen LogP contribution in [-0.2, 0) is 6.54 Å². The largest absolute Gasteiger partial charge is 0.379 e. The van der Waals surface area contributed by atoms with E-state index in [9.17, 15) is 4.39 Å². The summed E-state index contributed by atoms with van der Waals surface area (Å²) in [5.41, 5.74) is 3.94. The minimum absolute atomic E-state index is 0.132. The summed E-state index contributed by atoms with van der Waals surface area (Å²) in [4.78, 5) is 5.51. The lowest BCUT2D eigenvalue weighted by molar-refractivity contribution is 0.628. The first-order chi connectivity index (χ1) is 9.56. The van der Waals surface area contributed by atoms with Crippen molar-refractivity contribution in [3.63, 3.8) is 0 Å².